The molecule has 0 bridgehead atoms. The van der Waals surface area contributed by atoms with Gasteiger partial charge in [-0.15, -0.1) is 0 Å². The molecular weight excluding hydrogens is 475 g/mol. The number of nitrogens with zero attached hydrogens (tertiary/aromatic N) is 3. The molecule has 0 aliphatic carbocycles. The molecule has 1 aromatic heterocycles. The van der Waals surface area contributed by atoms with Crippen molar-refractivity contribution in [1.82, 2.24) is 9.88 Å². The topological polar surface area (TPSA) is 72.0 Å². The monoisotopic (exact) mass is 511 g/mol. The van der Waals surface area contributed by atoms with E-state index in [1.807, 2.05) is 25.7 Å². The van der Waals surface area contributed by atoms with Crippen LogP contribution >= 0.6 is 0 Å². The number of pyridine rings is 1. The number of halogens is 3. The second-order valence-corrected chi connectivity index (χ2v) is 9.61. The lowest BCUT2D eigenvalue weighted by molar-refractivity contribution is -0.142. The number of anilines is 1. The van der Waals surface area contributed by atoms with Gasteiger partial charge in [-0.05, 0) is 57.4 Å². The number of aromatic nitrogens is 1. The average molecular weight is 512 g/mol. The van der Waals surface area contributed by atoms with E-state index >= 15 is 0 Å². The summed E-state index contributed by atoms with van der Waals surface area (Å²) in [6.45, 7) is 11.8. The van der Waals surface area contributed by atoms with Crippen LogP contribution in [0.25, 0.3) is 10.9 Å². The second-order valence-electron chi connectivity index (χ2n) is 9.61. The number of amides is 1. The maximum atomic E-state index is 13.5. The van der Waals surface area contributed by atoms with Crippen LogP contribution in [0.3, 0.4) is 0 Å². The van der Waals surface area contributed by atoms with Crippen LogP contribution in [0.15, 0.2) is 30.5 Å². The van der Waals surface area contributed by atoms with Crippen LogP contribution in [0.5, 0.6) is 0 Å². The summed E-state index contributed by atoms with van der Waals surface area (Å²) in [5.41, 5.74) is -1.09. The summed E-state index contributed by atoms with van der Waals surface area (Å²) in [6, 6.07) is 5.29. The summed E-state index contributed by atoms with van der Waals surface area (Å²) < 4.78 is 50.9. The Labute approximate surface area is 210 Å². The van der Waals surface area contributed by atoms with E-state index in [9.17, 15) is 22.8 Å². The molecule has 200 valence electrons. The van der Waals surface area contributed by atoms with Crippen LogP contribution < -0.4 is 4.90 Å². The van der Waals surface area contributed by atoms with Crippen molar-refractivity contribution >= 4 is 28.7 Å². The van der Waals surface area contributed by atoms with Gasteiger partial charge < -0.3 is 14.4 Å². The highest BCUT2D eigenvalue weighted by atomic mass is 19.4. The Morgan fingerprint density at radius 3 is 2.39 bits per heavy atom. The lowest BCUT2D eigenvalue weighted by Gasteiger charge is -2.43. The molecule has 36 heavy (non-hydrogen) atoms. The number of esters is 1. The summed E-state index contributed by atoms with van der Waals surface area (Å²) in [4.78, 5) is 32.3. The number of piperidine rings is 1. The fraction of sp³-hybridized carbons (Fsp3) is 0.577. The Bertz CT molecular complexity index is 1050. The molecule has 3 rings (SSSR count). The van der Waals surface area contributed by atoms with Gasteiger partial charge in [0, 0.05) is 30.4 Å². The highest BCUT2D eigenvalue weighted by molar-refractivity contribution is 5.94. The Hall–Kier alpha value is -3.04. The van der Waals surface area contributed by atoms with Gasteiger partial charge in [-0.25, -0.2) is 4.79 Å². The van der Waals surface area contributed by atoms with E-state index in [-0.39, 0.29) is 18.0 Å². The predicted octanol–water partition coefficient (Wildman–Crippen LogP) is 5.90. The van der Waals surface area contributed by atoms with Crippen molar-refractivity contribution in [3.05, 3.63) is 36.0 Å². The van der Waals surface area contributed by atoms with Gasteiger partial charge >= 0.3 is 18.2 Å². The number of fused-ring (bicyclic) bond motifs is 1. The van der Waals surface area contributed by atoms with Crippen LogP contribution in [0.4, 0.5) is 23.7 Å². The third-order valence-corrected chi connectivity index (χ3v) is 5.63. The number of ether oxygens (including phenoxy) is 2. The van der Waals surface area contributed by atoms with Gasteiger partial charge in [-0.3, -0.25) is 14.7 Å². The zero-order chi connectivity index (χ0) is 27.3. The van der Waals surface area contributed by atoms with Crippen molar-refractivity contribution in [1.29, 1.82) is 0 Å². The fourth-order valence-electron chi connectivity index (χ4n) is 4.27. The summed E-state index contributed by atoms with van der Waals surface area (Å²) in [5, 5.41) is 0.377. The van der Waals surface area contributed by atoms with Crippen LogP contribution in [-0.2, 0) is 20.4 Å². The smallest absolute Gasteiger partial charge is 0.418 e. The SMILES string of the molecule is CC.COC(=O)CN(C(=O)OC(C)(C)C)C1CC(C)CN(c2ccc(C(F)(F)F)c3ncccc23)C1. The summed E-state index contributed by atoms with van der Waals surface area (Å²) >= 11 is 0. The van der Waals surface area contributed by atoms with Crippen molar-refractivity contribution in [2.24, 2.45) is 5.92 Å². The van der Waals surface area contributed by atoms with E-state index < -0.39 is 35.4 Å². The molecule has 0 saturated carbocycles. The zero-order valence-electron chi connectivity index (χ0n) is 22.0. The Kier molecular flexibility index (Phi) is 9.57. The van der Waals surface area contributed by atoms with Gasteiger partial charge in [0.1, 0.15) is 12.1 Å². The maximum Gasteiger partial charge on any atom is 0.418 e. The third-order valence-electron chi connectivity index (χ3n) is 5.63. The first-order valence-corrected chi connectivity index (χ1v) is 12.1. The minimum atomic E-state index is -4.53. The quantitative estimate of drug-likeness (QED) is 0.476. The van der Waals surface area contributed by atoms with E-state index in [2.05, 4.69) is 4.98 Å². The molecule has 0 N–H and O–H groups in total. The number of hydrogen-bond acceptors (Lipinski definition) is 6. The lowest BCUT2D eigenvalue weighted by Crippen LogP contribution is -2.55. The summed E-state index contributed by atoms with van der Waals surface area (Å²) in [6.07, 6.45) is -3.24. The minimum absolute atomic E-state index is 0.0929. The number of benzene rings is 1. The molecule has 2 atom stereocenters. The number of hydrogen-bond donors (Lipinski definition) is 0. The lowest BCUT2D eigenvalue weighted by atomic mass is 9.93. The molecule has 2 aromatic rings. The van der Waals surface area contributed by atoms with Crippen molar-refractivity contribution in [2.45, 2.75) is 65.8 Å². The molecule has 1 aliphatic rings. The molecule has 7 nitrogen and oxygen atoms in total. The van der Waals surface area contributed by atoms with E-state index in [1.54, 1.807) is 32.9 Å². The molecule has 1 saturated heterocycles. The number of carbonyl (C=O) groups excluding carboxylic acids is 2. The summed E-state index contributed by atoms with van der Waals surface area (Å²) in [5.74, 6) is -0.491. The molecule has 2 unspecified atom stereocenters. The Morgan fingerprint density at radius 1 is 1.14 bits per heavy atom. The molecule has 10 heteroatoms. The van der Waals surface area contributed by atoms with Gasteiger partial charge in [0.05, 0.1) is 24.2 Å². The van der Waals surface area contributed by atoms with E-state index in [1.165, 1.54) is 24.3 Å². The summed E-state index contributed by atoms with van der Waals surface area (Å²) in [7, 11) is 1.24. The number of methoxy groups -OCH3 is 1. The molecular formula is C26H36F3N3O4. The first kappa shape index (κ1) is 29.2. The van der Waals surface area contributed by atoms with Crippen molar-refractivity contribution < 1.29 is 32.2 Å². The maximum absolute atomic E-state index is 13.5. The van der Waals surface area contributed by atoms with Crippen molar-refractivity contribution in [3.63, 3.8) is 0 Å². The number of alkyl halides is 3. The first-order valence-electron chi connectivity index (χ1n) is 12.1. The van der Waals surface area contributed by atoms with Gasteiger partial charge in [0.25, 0.3) is 0 Å². The fourth-order valence-corrected chi connectivity index (χ4v) is 4.27. The van der Waals surface area contributed by atoms with Crippen LogP contribution in [0, 0.1) is 5.92 Å². The normalized spacial score (nSPS) is 18.2. The zero-order valence-corrected chi connectivity index (χ0v) is 22.0. The molecule has 1 aromatic carbocycles. The highest BCUT2D eigenvalue weighted by Crippen LogP contribution is 2.38. The van der Waals surface area contributed by atoms with Gasteiger partial charge in [0.2, 0.25) is 0 Å². The molecule has 1 amide bonds. The Morgan fingerprint density at radius 2 is 1.81 bits per heavy atom. The molecule has 1 fully saturated rings. The van der Waals surface area contributed by atoms with Crippen LogP contribution in [-0.4, -0.2) is 60.3 Å². The number of carbonyl (C=O) groups is 2. The van der Waals surface area contributed by atoms with Gasteiger partial charge in [-0.2, -0.15) is 13.2 Å². The molecule has 0 spiro atoms. The largest absolute Gasteiger partial charge is 0.468 e. The first-order chi connectivity index (χ1) is 16.8. The van der Waals surface area contributed by atoms with Crippen LogP contribution in [0.2, 0.25) is 0 Å². The second kappa shape index (κ2) is 11.8. The van der Waals surface area contributed by atoms with Crippen LogP contribution in [0.1, 0.15) is 53.5 Å². The van der Waals surface area contributed by atoms with Crippen molar-refractivity contribution in [3.8, 4) is 0 Å². The van der Waals surface area contributed by atoms with Gasteiger partial charge in [-0.1, -0.05) is 20.8 Å². The minimum Gasteiger partial charge on any atom is -0.468 e. The van der Waals surface area contributed by atoms with Gasteiger partial charge in [0.15, 0.2) is 0 Å². The Balaban J connectivity index is 0.00000222. The molecule has 2 heterocycles. The average Bonchev–Trinajstić information content (AvgIpc) is 2.80. The van der Waals surface area contributed by atoms with E-state index in [0.717, 1.165) is 6.07 Å². The third kappa shape index (κ3) is 7.24. The standard InChI is InChI=1S/C24H30F3N3O4.C2H6/c1-15-11-16(30(14-20(31)33-5)22(32)34-23(2,3)4)13-29(12-15)19-9-8-18(24(25,26)27)21-17(19)7-6-10-28-21;1-2/h6-10,15-16H,11-14H2,1-5H3;1-2H3. The van der Waals surface area contributed by atoms with Crippen molar-refractivity contribution in [2.75, 3.05) is 31.6 Å². The highest BCUT2D eigenvalue weighted by Gasteiger charge is 2.37. The van der Waals surface area contributed by atoms with E-state index in [0.29, 0.717) is 30.6 Å². The molecule has 0 radical (unpaired) electrons. The number of rotatable bonds is 4. The molecule has 1 aliphatic heterocycles. The predicted molar refractivity (Wildman–Crippen MR) is 133 cm³/mol. The van der Waals surface area contributed by atoms with E-state index in [4.69, 9.17) is 9.47 Å².